The Kier molecular flexibility index (Phi) is 5.09. The van der Waals surface area contributed by atoms with E-state index in [1.54, 1.807) is 0 Å². The fourth-order valence-corrected chi connectivity index (χ4v) is 2.44. The van der Waals surface area contributed by atoms with Crippen molar-refractivity contribution in [2.75, 3.05) is 0 Å². The number of carboxylic acids is 2. The smallest absolute Gasteiger partial charge is 0.428 e. The lowest BCUT2D eigenvalue weighted by Crippen LogP contribution is -2.67. The summed E-state index contributed by atoms with van der Waals surface area (Å²) in [6.45, 7) is 1.85. The molecule has 0 aliphatic heterocycles. The Labute approximate surface area is 124 Å². The van der Waals surface area contributed by atoms with E-state index in [1.807, 2.05) is 6.92 Å². The van der Waals surface area contributed by atoms with Crippen LogP contribution in [0.1, 0.15) is 45.4 Å². The first kappa shape index (κ1) is 18.2. The van der Waals surface area contributed by atoms with E-state index >= 15 is 0 Å². The Morgan fingerprint density at radius 2 is 1.59 bits per heavy atom. The van der Waals surface area contributed by atoms with Crippen LogP contribution in [0.3, 0.4) is 0 Å². The molecule has 0 heterocycles. The maximum atomic E-state index is 13.1. The molecule has 9 heteroatoms. The highest BCUT2D eigenvalue weighted by atomic mass is 19.4. The molecule has 1 aliphatic carbocycles. The number of unbranched alkanes of at least 4 members (excludes halogenated alkanes) is 2. The van der Waals surface area contributed by atoms with Crippen LogP contribution in [0.15, 0.2) is 0 Å². The lowest BCUT2D eigenvalue weighted by Gasteiger charge is -2.50. The van der Waals surface area contributed by atoms with E-state index in [1.165, 1.54) is 0 Å². The lowest BCUT2D eigenvalue weighted by molar-refractivity contribution is -0.316. The molecule has 0 aromatic rings. The van der Waals surface area contributed by atoms with Gasteiger partial charge in [0.05, 0.1) is 0 Å². The maximum Gasteiger partial charge on any atom is 0.428 e. The molecule has 1 rings (SSSR count). The minimum Gasteiger partial charge on any atom is -0.480 e. The summed E-state index contributed by atoms with van der Waals surface area (Å²) in [4.78, 5) is 33.4. The number of carbonyl (C=O) groups excluding carboxylic acids is 1. The molecular weight excluding hydrogens is 309 g/mol. The van der Waals surface area contributed by atoms with Crippen LogP contribution in [-0.4, -0.2) is 39.9 Å². The van der Waals surface area contributed by atoms with Crippen LogP contribution in [0.25, 0.3) is 0 Å². The Balaban J connectivity index is 2.87. The maximum absolute atomic E-state index is 13.1. The summed E-state index contributed by atoms with van der Waals surface area (Å²) in [5, 5.41) is 17.7. The molecule has 0 aromatic heterocycles. The van der Waals surface area contributed by atoms with E-state index in [0.29, 0.717) is 12.8 Å². The van der Waals surface area contributed by atoms with Gasteiger partial charge < -0.3 is 14.9 Å². The third kappa shape index (κ3) is 3.17. The van der Waals surface area contributed by atoms with E-state index in [9.17, 15) is 27.6 Å². The van der Waals surface area contributed by atoms with E-state index in [-0.39, 0.29) is 6.42 Å². The first-order chi connectivity index (χ1) is 10.0. The lowest BCUT2D eigenvalue weighted by atomic mass is 9.58. The third-order valence-corrected chi connectivity index (χ3v) is 3.80. The van der Waals surface area contributed by atoms with Gasteiger partial charge in [0.15, 0.2) is 5.41 Å². The number of ether oxygens (including phenoxy) is 1. The first-order valence-electron chi connectivity index (χ1n) is 6.76. The van der Waals surface area contributed by atoms with Gasteiger partial charge in [-0.2, -0.15) is 13.2 Å². The molecule has 1 fully saturated rings. The van der Waals surface area contributed by atoms with Crippen LogP contribution in [0.5, 0.6) is 0 Å². The molecule has 1 saturated carbocycles. The Morgan fingerprint density at radius 1 is 1.09 bits per heavy atom. The Morgan fingerprint density at radius 3 is 1.95 bits per heavy atom. The van der Waals surface area contributed by atoms with Gasteiger partial charge in [-0.3, -0.25) is 14.4 Å². The van der Waals surface area contributed by atoms with Crippen molar-refractivity contribution in [1.29, 1.82) is 0 Å². The summed E-state index contributed by atoms with van der Waals surface area (Å²) in [5.74, 6) is -4.85. The molecule has 2 N–H and O–H groups in total. The van der Waals surface area contributed by atoms with Gasteiger partial charge in [-0.15, -0.1) is 0 Å². The number of carboxylic acid groups (broad SMARTS) is 2. The van der Waals surface area contributed by atoms with Crippen LogP contribution in [0, 0.1) is 5.41 Å². The van der Waals surface area contributed by atoms with E-state index in [0.717, 1.165) is 6.42 Å². The normalized spacial score (nSPS) is 19.1. The van der Waals surface area contributed by atoms with Crippen molar-refractivity contribution in [3.05, 3.63) is 0 Å². The molecule has 126 valence electrons. The monoisotopic (exact) mass is 326 g/mol. The van der Waals surface area contributed by atoms with Crippen molar-refractivity contribution in [2.24, 2.45) is 5.41 Å². The zero-order valence-electron chi connectivity index (χ0n) is 11.9. The quantitative estimate of drug-likeness (QED) is 0.423. The minimum absolute atomic E-state index is 0.223. The van der Waals surface area contributed by atoms with Gasteiger partial charge in [0.25, 0.3) is 0 Å². The number of esters is 1. The van der Waals surface area contributed by atoms with Crippen molar-refractivity contribution < 1.29 is 42.5 Å². The van der Waals surface area contributed by atoms with Crippen molar-refractivity contribution in [2.45, 2.75) is 57.2 Å². The molecule has 0 amide bonds. The first-order valence-corrected chi connectivity index (χ1v) is 6.76. The van der Waals surface area contributed by atoms with E-state index < -0.39 is 47.9 Å². The molecule has 0 aromatic carbocycles. The van der Waals surface area contributed by atoms with Crippen LogP contribution >= 0.6 is 0 Å². The molecule has 0 unspecified atom stereocenters. The molecule has 0 atom stereocenters. The molecular formula is C13H17F3O6. The second-order valence-electron chi connectivity index (χ2n) is 5.47. The van der Waals surface area contributed by atoms with Gasteiger partial charge in [0.2, 0.25) is 5.60 Å². The van der Waals surface area contributed by atoms with Crippen LogP contribution in [0.2, 0.25) is 0 Å². The number of hydrogen-bond acceptors (Lipinski definition) is 4. The minimum atomic E-state index is -5.03. The topological polar surface area (TPSA) is 101 Å². The second-order valence-corrected chi connectivity index (χ2v) is 5.47. The summed E-state index contributed by atoms with van der Waals surface area (Å²) in [6, 6.07) is 0. The zero-order chi connectivity index (χ0) is 17.2. The standard InChI is InChI=1S/C13H17F3O6/c1-2-3-4-5-8(17)22-12(13(14,15)16)6-11(7-12,9(18)19)10(20)21/h2-7H2,1H3,(H,18,19)(H,20,21). The van der Waals surface area contributed by atoms with Crippen LogP contribution in [0.4, 0.5) is 13.2 Å². The second kappa shape index (κ2) is 6.13. The average molecular weight is 326 g/mol. The molecule has 6 nitrogen and oxygen atoms in total. The summed E-state index contributed by atoms with van der Waals surface area (Å²) in [6.07, 6.45) is -6.12. The summed E-state index contributed by atoms with van der Waals surface area (Å²) in [5.41, 5.74) is -5.60. The van der Waals surface area contributed by atoms with Crippen molar-refractivity contribution >= 4 is 17.9 Å². The van der Waals surface area contributed by atoms with Gasteiger partial charge in [0.1, 0.15) is 0 Å². The molecule has 22 heavy (non-hydrogen) atoms. The largest absolute Gasteiger partial charge is 0.480 e. The highest BCUT2D eigenvalue weighted by molar-refractivity contribution is 6.00. The van der Waals surface area contributed by atoms with Crippen LogP contribution in [-0.2, 0) is 19.1 Å². The van der Waals surface area contributed by atoms with E-state index in [2.05, 4.69) is 4.74 Å². The Hall–Kier alpha value is -1.80. The number of rotatable bonds is 7. The van der Waals surface area contributed by atoms with Gasteiger partial charge in [0, 0.05) is 19.3 Å². The van der Waals surface area contributed by atoms with E-state index in [4.69, 9.17) is 10.2 Å². The van der Waals surface area contributed by atoms with Crippen molar-refractivity contribution in [3.8, 4) is 0 Å². The molecule has 0 bridgehead atoms. The highest BCUT2D eigenvalue weighted by Crippen LogP contribution is 2.58. The summed E-state index contributed by atoms with van der Waals surface area (Å²) >= 11 is 0. The Bertz CT molecular complexity index is 449. The van der Waals surface area contributed by atoms with Gasteiger partial charge in [-0.25, -0.2) is 0 Å². The summed E-state index contributed by atoms with van der Waals surface area (Å²) in [7, 11) is 0. The van der Waals surface area contributed by atoms with Gasteiger partial charge >= 0.3 is 24.1 Å². The number of aliphatic carboxylic acids is 2. The fraction of sp³-hybridized carbons (Fsp3) is 0.769. The summed E-state index contributed by atoms with van der Waals surface area (Å²) < 4.78 is 43.8. The van der Waals surface area contributed by atoms with Crippen LogP contribution < -0.4 is 0 Å². The number of halogens is 3. The highest BCUT2D eigenvalue weighted by Gasteiger charge is 2.76. The SMILES string of the molecule is CCCCCC(=O)OC1(C(F)(F)F)CC(C(=O)O)(C(=O)O)C1. The number of carbonyl (C=O) groups is 3. The number of alkyl halides is 3. The fourth-order valence-electron chi connectivity index (χ4n) is 2.44. The zero-order valence-corrected chi connectivity index (χ0v) is 11.9. The predicted molar refractivity (Wildman–Crippen MR) is 66.0 cm³/mol. The number of hydrogen-bond donors (Lipinski definition) is 2. The van der Waals surface area contributed by atoms with Crippen molar-refractivity contribution in [3.63, 3.8) is 0 Å². The predicted octanol–water partition coefficient (Wildman–Crippen LogP) is 2.36. The molecule has 0 saturated heterocycles. The molecule has 0 radical (unpaired) electrons. The molecule has 1 aliphatic rings. The van der Waals surface area contributed by atoms with Gasteiger partial charge in [-0.05, 0) is 6.42 Å². The average Bonchev–Trinajstić information content (AvgIpc) is 2.30. The van der Waals surface area contributed by atoms with Crippen molar-refractivity contribution in [1.82, 2.24) is 0 Å². The van der Waals surface area contributed by atoms with Gasteiger partial charge in [-0.1, -0.05) is 19.8 Å². The third-order valence-electron chi connectivity index (χ3n) is 3.80. The molecule has 0 spiro atoms.